The molecular formula is C14H12ClN5. The Kier molecular flexibility index (Phi) is 3.12. The van der Waals surface area contributed by atoms with Crippen molar-refractivity contribution in [2.45, 2.75) is 6.92 Å². The van der Waals surface area contributed by atoms with Gasteiger partial charge in [-0.25, -0.2) is 0 Å². The number of halogens is 1. The fraction of sp³-hybridized carbons (Fsp3) is 0.0714. The van der Waals surface area contributed by atoms with Crippen molar-refractivity contribution in [2.24, 2.45) is 0 Å². The standard InChI is InChI=1S/C14H12ClN5/c1-9-7-12(16)11(15)8-13(9)20-18-14(17-19-20)10-5-3-2-4-6-10/h2-8H,16H2,1H3. The molecule has 0 aliphatic rings. The van der Waals surface area contributed by atoms with Crippen LogP contribution in [0.2, 0.25) is 5.02 Å². The lowest BCUT2D eigenvalue weighted by molar-refractivity contribution is 0.716. The van der Waals surface area contributed by atoms with Gasteiger partial charge in [0.15, 0.2) is 0 Å². The number of rotatable bonds is 2. The molecule has 0 aliphatic carbocycles. The summed E-state index contributed by atoms with van der Waals surface area (Å²) >= 11 is 6.05. The van der Waals surface area contributed by atoms with Crippen LogP contribution in [-0.4, -0.2) is 20.2 Å². The molecule has 2 aromatic carbocycles. The van der Waals surface area contributed by atoms with Crippen LogP contribution in [0.3, 0.4) is 0 Å². The van der Waals surface area contributed by atoms with Gasteiger partial charge in [0, 0.05) is 5.56 Å². The third-order valence-electron chi connectivity index (χ3n) is 2.98. The second kappa shape index (κ2) is 4.94. The summed E-state index contributed by atoms with van der Waals surface area (Å²) in [7, 11) is 0. The van der Waals surface area contributed by atoms with Crippen LogP contribution >= 0.6 is 11.6 Å². The van der Waals surface area contributed by atoms with E-state index in [1.165, 1.54) is 4.80 Å². The van der Waals surface area contributed by atoms with Crippen molar-refractivity contribution in [3.63, 3.8) is 0 Å². The summed E-state index contributed by atoms with van der Waals surface area (Å²) in [5.74, 6) is 0.568. The maximum Gasteiger partial charge on any atom is 0.205 e. The molecule has 0 saturated heterocycles. The maximum absolute atomic E-state index is 6.05. The summed E-state index contributed by atoms with van der Waals surface area (Å²) in [4.78, 5) is 1.46. The van der Waals surface area contributed by atoms with Gasteiger partial charge in [0.2, 0.25) is 5.82 Å². The Balaban J connectivity index is 2.05. The normalized spacial score (nSPS) is 10.7. The molecule has 1 heterocycles. The summed E-state index contributed by atoms with van der Waals surface area (Å²) in [6.45, 7) is 1.92. The number of tetrazole rings is 1. The Labute approximate surface area is 121 Å². The van der Waals surface area contributed by atoms with E-state index in [0.717, 1.165) is 16.8 Å². The molecule has 0 radical (unpaired) electrons. The monoisotopic (exact) mass is 285 g/mol. The largest absolute Gasteiger partial charge is 0.398 e. The van der Waals surface area contributed by atoms with Gasteiger partial charge in [-0.15, -0.1) is 15.0 Å². The number of benzene rings is 2. The summed E-state index contributed by atoms with van der Waals surface area (Å²) in [6, 6.07) is 13.2. The summed E-state index contributed by atoms with van der Waals surface area (Å²) in [5.41, 5.74) is 8.92. The highest BCUT2D eigenvalue weighted by Gasteiger charge is 2.10. The average Bonchev–Trinajstić information content (AvgIpc) is 2.93. The van der Waals surface area contributed by atoms with Crippen molar-refractivity contribution >= 4 is 17.3 Å². The highest BCUT2D eigenvalue weighted by atomic mass is 35.5. The molecule has 20 heavy (non-hydrogen) atoms. The van der Waals surface area contributed by atoms with Crippen LogP contribution in [0.15, 0.2) is 42.5 Å². The van der Waals surface area contributed by atoms with Crippen molar-refractivity contribution < 1.29 is 0 Å². The molecule has 0 unspecified atom stereocenters. The number of hydrogen-bond acceptors (Lipinski definition) is 4. The number of nitrogens with zero attached hydrogens (tertiary/aromatic N) is 4. The molecule has 0 aliphatic heterocycles. The minimum atomic E-state index is 0.476. The van der Waals surface area contributed by atoms with Crippen molar-refractivity contribution in [1.82, 2.24) is 20.2 Å². The zero-order chi connectivity index (χ0) is 14.1. The number of anilines is 1. The van der Waals surface area contributed by atoms with Gasteiger partial charge >= 0.3 is 0 Å². The van der Waals surface area contributed by atoms with E-state index in [1.54, 1.807) is 12.1 Å². The lowest BCUT2D eigenvalue weighted by atomic mass is 10.2. The van der Waals surface area contributed by atoms with Crippen molar-refractivity contribution in [3.05, 3.63) is 53.1 Å². The molecule has 0 amide bonds. The topological polar surface area (TPSA) is 69.6 Å². The van der Waals surface area contributed by atoms with Crippen LogP contribution in [0.25, 0.3) is 17.1 Å². The highest BCUT2D eigenvalue weighted by molar-refractivity contribution is 6.33. The maximum atomic E-state index is 6.05. The van der Waals surface area contributed by atoms with E-state index in [4.69, 9.17) is 17.3 Å². The molecule has 3 aromatic rings. The number of nitrogen functional groups attached to an aromatic ring is 1. The molecule has 0 fully saturated rings. The second-order valence-electron chi connectivity index (χ2n) is 4.43. The van der Waals surface area contributed by atoms with Crippen LogP contribution in [0.1, 0.15) is 5.56 Å². The first-order valence-corrected chi connectivity index (χ1v) is 6.44. The highest BCUT2D eigenvalue weighted by Crippen LogP contribution is 2.25. The van der Waals surface area contributed by atoms with Crippen molar-refractivity contribution in [1.29, 1.82) is 0 Å². The third-order valence-corrected chi connectivity index (χ3v) is 3.30. The minimum Gasteiger partial charge on any atom is -0.398 e. The van der Waals surface area contributed by atoms with Gasteiger partial charge in [0.1, 0.15) is 0 Å². The molecule has 6 heteroatoms. The molecule has 0 bridgehead atoms. The molecule has 2 N–H and O–H groups in total. The van der Waals surface area contributed by atoms with Crippen LogP contribution in [0.4, 0.5) is 5.69 Å². The fourth-order valence-electron chi connectivity index (χ4n) is 1.93. The van der Waals surface area contributed by atoms with Gasteiger partial charge in [0.25, 0.3) is 0 Å². The first-order chi connectivity index (χ1) is 9.65. The molecule has 1 aromatic heterocycles. The molecule has 0 spiro atoms. The van der Waals surface area contributed by atoms with E-state index >= 15 is 0 Å². The molecule has 3 rings (SSSR count). The Bertz CT molecular complexity index is 752. The Hall–Kier alpha value is -2.40. The quantitative estimate of drug-likeness (QED) is 0.735. The van der Waals surface area contributed by atoms with Crippen molar-refractivity contribution in [3.8, 4) is 17.1 Å². The Morgan fingerprint density at radius 3 is 2.65 bits per heavy atom. The number of nitrogens with two attached hydrogens (primary N) is 1. The van der Waals surface area contributed by atoms with E-state index in [-0.39, 0.29) is 0 Å². The molecule has 100 valence electrons. The molecule has 5 nitrogen and oxygen atoms in total. The number of aromatic nitrogens is 4. The predicted molar refractivity (Wildman–Crippen MR) is 78.7 cm³/mol. The number of aryl methyl sites for hydroxylation is 1. The van der Waals surface area contributed by atoms with E-state index in [9.17, 15) is 0 Å². The zero-order valence-electron chi connectivity index (χ0n) is 10.8. The lowest BCUT2D eigenvalue weighted by Gasteiger charge is -2.06. The molecular weight excluding hydrogens is 274 g/mol. The first kappa shape index (κ1) is 12.6. The minimum absolute atomic E-state index is 0.476. The SMILES string of the molecule is Cc1cc(N)c(Cl)cc1-n1nnc(-c2ccccc2)n1. The van der Waals surface area contributed by atoms with E-state index in [0.29, 0.717) is 16.5 Å². The van der Waals surface area contributed by atoms with Gasteiger partial charge in [-0.3, -0.25) is 0 Å². The smallest absolute Gasteiger partial charge is 0.205 e. The van der Waals surface area contributed by atoms with Crippen LogP contribution in [0, 0.1) is 6.92 Å². The first-order valence-electron chi connectivity index (χ1n) is 6.06. The fourth-order valence-corrected chi connectivity index (χ4v) is 2.09. The van der Waals surface area contributed by atoms with Gasteiger partial charge in [-0.2, -0.15) is 0 Å². The summed E-state index contributed by atoms with van der Waals surface area (Å²) < 4.78 is 0. The summed E-state index contributed by atoms with van der Waals surface area (Å²) in [6.07, 6.45) is 0. The van der Waals surface area contributed by atoms with Crippen LogP contribution in [0.5, 0.6) is 0 Å². The zero-order valence-corrected chi connectivity index (χ0v) is 11.5. The van der Waals surface area contributed by atoms with E-state index in [1.807, 2.05) is 37.3 Å². The lowest BCUT2D eigenvalue weighted by Crippen LogP contribution is -2.03. The summed E-state index contributed by atoms with van der Waals surface area (Å²) in [5, 5.41) is 13.0. The Morgan fingerprint density at radius 2 is 1.90 bits per heavy atom. The van der Waals surface area contributed by atoms with Crippen LogP contribution in [-0.2, 0) is 0 Å². The van der Waals surface area contributed by atoms with Gasteiger partial charge in [0.05, 0.1) is 16.4 Å². The second-order valence-corrected chi connectivity index (χ2v) is 4.84. The van der Waals surface area contributed by atoms with Gasteiger partial charge in [-0.1, -0.05) is 41.9 Å². The number of hydrogen-bond donors (Lipinski definition) is 1. The molecule has 0 saturated carbocycles. The van der Waals surface area contributed by atoms with Crippen LogP contribution < -0.4 is 5.73 Å². The average molecular weight is 286 g/mol. The Morgan fingerprint density at radius 1 is 1.15 bits per heavy atom. The van der Waals surface area contributed by atoms with Crippen molar-refractivity contribution in [2.75, 3.05) is 5.73 Å². The van der Waals surface area contributed by atoms with E-state index < -0.39 is 0 Å². The van der Waals surface area contributed by atoms with E-state index in [2.05, 4.69) is 15.4 Å². The molecule has 0 atom stereocenters. The predicted octanol–water partition coefficient (Wildman–Crippen LogP) is 2.87. The third kappa shape index (κ3) is 2.23. The van der Waals surface area contributed by atoms with Gasteiger partial charge < -0.3 is 5.73 Å². The van der Waals surface area contributed by atoms with Gasteiger partial charge in [-0.05, 0) is 29.8 Å².